The number of carbonyl (C=O) groups is 2. The van der Waals surface area contributed by atoms with Gasteiger partial charge in [0, 0.05) is 37.3 Å². The molecule has 30 heavy (non-hydrogen) atoms. The summed E-state index contributed by atoms with van der Waals surface area (Å²) in [6.07, 6.45) is 2.36. The molecule has 1 saturated heterocycles. The van der Waals surface area contributed by atoms with Crippen molar-refractivity contribution < 1.29 is 14.3 Å². The van der Waals surface area contributed by atoms with Crippen LogP contribution in [0.25, 0.3) is 0 Å². The number of carbonyl (C=O) groups excluding carboxylic acids is 2. The van der Waals surface area contributed by atoms with Gasteiger partial charge in [-0.1, -0.05) is 49.4 Å². The number of ether oxygens (including phenoxy) is 1. The van der Waals surface area contributed by atoms with Crippen molar-refractivity contribution in [2.45, 2.75) is 33.1 Å². The summed E-state index contributed by atoms with van der Waals surface area (Å²) in [5.74, 6) is -0.835. The van der Waals surface area contributed by atoms with Crippen LogP contribution < -0.4 is 0 Å². The van der Waals surface area contributed by atoms with E-state index in [-0.39, 0.29) is 11.9 Å². The summed E-state index contributed by atoms with van der Waals surface area (Å²) in [4.78, 5) is 32.0. The van der Waals surface area contributed by atoms with Gasteiger partial charge in [-0.15, -0.1) is 0 Å². The zero-order valence-electron chi connectivity index (χ0n) is 17.8. The summed E-state index contributed by atoms with van der Waals surface area (Å²) < 4.78 is 5.28. The molecule has 0 bridgehead atoms. The molecule has 1 fully saturated rings. The molecule has 0 N–H and O–H groups in total. The van der Waals surface area contributed by atoms with Crippen molar-refractivity contribution in [3.63, 3.8) is 0 Å². The molecule has 2 aromatic rings. The monoisotopic (exact) mass is 406 g/mol. The van der Waals surface area contributed by atoms with E-state index >= 15 is 0 Å². The normalized spacial score (nSPS) is 17.7. The standard InChI is InChI=1S/C25H30N2O3/c1-3-19-10-12-21(13-11-19)24(28)27-17-15-23(22(18-27)25(29)30-4-2)26-16-14-20-8-6-5-7-9-20/h5-13,22H,3-4,14-18H2,1-2H3. The molecule has 1 atom stereocenters. The van der Waals surface area contributed by atoms with Crippen LogP contribution in [0.3, 0.4) is 0 Å². The Morgan fingerprint density at radius 2 is 1.77 bits per heavy atom. The smallest absolute Gasteiger partial charge is 0.316 e. The van der Waals surface area contributed by atoms with Gasteiger partial charge in [0.15, 0.2) is 0 Å². The number of benzene rings is 2. The van der Waals surface area contributed by atoms with Crippen molar-refractivity contribution in [2.24, 2.45) is 10.9 Å². The van der Waals surface area contributed by atoms with Crippen molar-refractivity contribution in [2.75, 3.05) is 26.2 Å². The fraction of sp³-hybridized carbons (Fsp3) is 0.400. The highest BCUT2D eigenvalue weighted by atomic mass is 16.5. The van der Waals surface area contributed by atoms with Crippen molar-refractivity contribution in [1.29, 1.82) is 0 Å². The number of nitrogens with zero attached hydrogens (tertiary/aromatic N) is 2. The van der Waals surface area contributed by atoms with Crippen LogP contribution in [0.2, 0.25) is 0 Å². The maximum absolute atomic E-state index is 13.0. The summed E-state index contributed by atoms with van der Waals surface area (Å²) in [6.45, 7) is 5.71. The van der Waals surface area contributed by atoms with Crippen LogP contribution in [0, 0.1) is 5.92 Å². The Bertz CT molecular complexity index is 875. The van der Waals surface area contributed by atoms with Gasteiger partial charge in [0.2, 0.25) is 0 Å². The van der Waals surface area contributed by atoms with Crippen LogP contribution in [0.15, 0.2) is 59.6 Å². The lowest BCUT2D eigenvalue weighted by Crippen LogP contribution is -2.47. The Labute approximate surface area is 178 Å². The van der Waals surface area contributed by atoms with E-state index in [1.54, 1.807) is 11.8 Å². The van der Waals surface area contributed by atoms with Crippen molar-refractivity contribution >= 4 is 17.6 Å². The first-order chi connectivity index (χ1) is 14.6. The predicted molar refractivity (Wildman–Crippen MR) is 119 cm³/mol. The molecule has 0 spiro atoms. The number of aliphatic imine (C=N–C) groups is 1. The van der Waals surface area contributed by atoms with Crippen LogP contribution in [0.5, 0.6) is 0 Å². The summed E-state index contributed by atoms with van der Waals surface area (Å²) >= 11 is 0. The molecule has 0 aliphatic carbocycles. The first-order valence-corrected chi connectivity index (χ1v) is 10.7. The number of esters is 1. The third-order valence-electron chi connectivity index (χ3n) is 5.47. The molecule has 0 radical (unpaired) electrons. The second-order valence-corrected chi connectivity index (χ2v) is 7.46. The van der Waals surface area contributed by atoms with Crippen LogP contribution in [0.1, 0.15) is 41.8 Å². The molecule has 0 aromatic heterocycles. The summed E-state index contributed by atoms with van der Waals surface area (Å²) in [5, 5.41) is 0. The van der Waals surface area contributed by atoms with Gasteiger partial charge < -0.3 is 9.64 Å². The molecule has 5 heteroatoms. The average molecular weight is 407 g/mol. The van der Waals surface area contributed by atoms with Crippen molar-refractivity contribution in [3.8, 4) is 0 Å². The Morgan fingerprint density at radius 3 is 2.43 bits per heavy atom. The number of rotatable bonds is 7. The van der Waals surface area contributed by atoms with Crippen LogP contribution in [-0.2, 0) is 22.4 Å². The summed E-state index contributed by atoms with van der Waals surface area (Å²) in [5.41, 5.74) is 3.91. The van der Waals surface area contributed by atoms with E-state index in [0.717, 1.165) is 18.6 Å². The first kappa shape index (κ1) is 21.8. The lowest BCUT2D eigenvalue weighted by molar-refractivity contribution is -0.146. The molecule has 1 aliphatic rings. The highest BCUT2D eigenvalue weighted by Crippen LogP contribution is 2.19. The molecule has 1 heterocycles. The minimum absolute atomic E-state index is 0.0460. The lowest BCUT2D eigenvalue weighted by atomic mass is 9.94. The van der Waals surface area contributed by atoms with Crippen LogP contribution in [-0.4, -0.2) is 48.7 Å². The quantitative estimate of drug-likeness (QED) is 0.654. The maximum Gasteiger partial charge on any atom is 0.316 e. The summed E-state index contributed by atoms with van der Waals surface area (Å²) in [7, 11) is 0. The van der Waals surface area contributed by atoms with Gasteiger partial charge in [-0.3, -0.25) is 14.6 Å². The van der Waals surface area contributed by atoms with E-state index in [4.69, 9.17) is 9.73 Å². The molecule has 2 aromatic carbocycles. The predicted octanol–water partition coefficient (Wildman–Crippen LogP) is 3.96. The second-order valence-electron chi connectivity index (χ2n) is 7.46. The topological polar surface area (TPSA) is 59.0 Å². The Balaban J connectivity index is 1.69. The molecule has 5 nitrogen and oxygen atoms in total. The molecule has 1 unspecified atom stereocenters. The third kappa shape index (κ3) is 5.56. The first-order valence-electron chi connectivity index (χ1n) is 10.7. The van der Waals surface area contributed by atoms with E-state index in [0.29, 0.717) is 38.2 Å². The minimum atomic E-state index is -0.492. The van der Waals surface area contributed by atoms with Gasteiger partial charge in [0.25, 0.3) is 5.91 Å². The van der Waals surface area contributed by atoms with Gasteiger partial charge in [-0.25, -0.2) is 0 Å². The number of piperidine rings is 1. The van der Waals surface area contributed by atoms with E-state index in [1.807, 2.05) is 42.5 Å². The maximum atomic E-state index is 13.0. The Kier molecular flexibility index (Phi) is 7.77. The number of likely N-dealkylation sites (tertiary alicyclic amines) is 1. The lowest BCUT2D eigenvalue weighted by Gasteiger charge is -2.33. The van der Waals surface area contributed by atoms with Gasteiger partial charge in [-0.05, 0) is 43.0 Å². The van der Waals surface area contributed by atoms with Gasteiger partial charge in [0.1, 0.15) is 5.92 Å². The largest absolute Gasteiger partial charge is 0.465 e. The van der Waals surface area contributed by atoms with E-state index in [9.17, 15) is 9.59 Å². The van der Waals surface area contributed by atoms with Crippen molar-refractivity contribution in [3.05, 3.63) is 71.3 Å². The van der Waals surface area contributed by atoms with E-state index in [1.165, 1.54) is 11.1 Å². The average Bonchev–Trinajstić information content (AvgIpc) is 2.79. The molecular weight excluding hydrogens is 376 g/mol. The number of amides is 1. The van der Waals surface area contributed by atoms with E-state index < -0.39 is 5.92 Å². The Morgan fingerprint density at radius 1 is 1.03 bits per heavy atom. The molecule has 0 saturated carbocycles. The van der Waals surface area contributed by atoms with Crippen LogP contribution in [0.4, 0.5) is 0 Å². The van der Waals surface area contributed by atoms with Crippen LogP contribution >= 0.6 is 0 Å². The highest BCUT2D eigenvalue weighted by Gasteiger charge is 2.34. The third-order valence-corrected chi connectivity index (χ3v) is 5.47. The molecule has 1 amide bonds. The van der Waals surface area contributed by atoms with Gasteiger partial charge >= 0.3 is 5.97 Å². The number of hydrogen-bond acceptors (Lipinski definition) is 4. The fourth-order valence-electron chi connectivity index (χ4n) is 3.71. The second kappa shape index (κ2) is 10.7. The fourth-order valence-corrected chi connectivity index (χ4v) is 3.71. The summed E-state index contributed by atoms with van der Waals surface area (Å²) in [6, 6.07) is 17.9. The minimum Gasteiger partial charge on any atom is -0.465 e. The van der Waals surface area contributed by atoms with Crippen molar-refractivity contribution in [1.82, 2.24) is 4.90 Å². The zero-order valence-corrected chi connectivity index (χ0v) is 17.8. The zero-order chi connectivity index (χ0) is 21.3. The Hall–Kier alpha value is -2.95. The molecule has 1 aliphatic heterocycles. The number of aryl methyl sites for hydroxylation is 1. The highest BCUT2D eigenvalue weighted by molar-refractivity contribution is 6.05. The molecular formula is C25H30N2O3. The van der Waals surface area contributed by atoms with Gasteiger partial charge in [-0.2, -0.15) is 0 Å². The van der Waals surface area contributed by atoms with Gasteiger partial charge in [0.05, 0.1) is 6.61 Å². The SMILES string of the molecule is CCOC(=O)C1CN(C(=O)c2ccc(CC)cc2)CCC1=NCCc1ccccc1. The molecule has 3 rings (SSSR count). The van der Waals surface area contributed by atoms with E-state index in [2.05, 4.69) is 19.1 Å². The number of hydrogen-bond donors (Lipinski definition) is 0. The molecule has 158 valence electrons.